The molecule has 1 N–H and O–H groups in total. The van der Waals surface area contributed by atoms with Crippen molar-refractivity contribution in [1.29, 1.82) is 0 Å². The fraction of sp³-hybridized carbons (Fsp3) is 0.269. The minimum absolute atomic E-state index is 0.188. The molecule has 8 nitrogen and oxygen atoms in total. The molecule has 0 saturated heterocycles. The third-order valence-electron chi connectivity index (χ3n) is 5.55. The van der Waals surface area contributed by atoms with Crippen LogP contribution < -0.4 is 11.2 Å². The van der Waals surface area contributed by atoms with E-state index in [1.807, 2.05) is 58.0 Å². The highest BCUT2D eigenvalue weighted by Crippen LogP contribution is 2.44. The Labute approximate surface area is 226 Å². The molecule has 2 aromatic carbocycles. The number of rotatable bonds is 7. The van der Waals surface area contributed by atoms with Gasteiger partial charge >= 0.3 is 11.7 Å². The molecule has 0 amide bonds. The zero-order chi connectivity index (χ0) is 26.9. The second-order valence-corrected chi connectivity index (χ2v) is 11.1. The first kappa shape index (κ1) is 26.8. The summed E-state index contributed by atoms with van der Waals surface area (Å²) in [6.45, 7) is 8.04. The first-order valence-corrected chi connectivity index (χ1v) is 13.0. The van der Waals surface area contributed by atoms with Crippen molar-refractivity contribution in [2.45, 2.75) is 33.1 Å². The summed E-state index contributed by atoms with van der Waals surface area (Å²) in [7, 11) is 0. The van der Waals surface area contributed by atoms with Crippen LogP contribution in [-0.4, -0.2) is 32.3 Å². The number of thiazole rings is 1. The summed E-state index contributed by atoms with van der Waals surface area (Å²) in [5.74, 6) is -0.253. The van der Waals surface area contributed by atoms with Crippen LogP contribution in [0.15, 0.2) is 58.3 Å². The lowest BCUT2D eigenvalue weighted by molar-refractivity contribution is 0.0465. The van der Waals surface area contributed by atoms with Crippen LogP contribution in [0, 0.1) is 5.92 Å². The monoisotopic (exact) mass is 558 g/mol. The molecule has 0 bridgehead atoms. The number of nitrogens with zero attached hydrogens (tertiary/aromatic N) is 3. The van der Waals surface area contributed by atoms with Gasteiger partial charge in [0.25, 0.3) is 5.56 Å². The summed E-state index contributed by atoms with van der Waals surface area (Å²) in [4.78, 5) is 44.0. The topological polar surface area (TPSA) is 107 Å². The van der Waals surface area contributed by atoms with Crippen LogP contribution in [0.2, 0.25) is 10.0 Å². The van der Waals surface area contributed by atoms with Crippen molar-refractivity contribution in [3.63, 3.8) is 0 Å². The maximum atomic E-state index is 13.0. The van der Waals surface area contributed by atoms with Crippen molar-refractivity contribution in [1.82, 2.24) is 19.7 Å². The van der Waals surface area contributed by atoms with Crippen LogP contribution in [0.4, 0.5) is 0 Å². The van der Waals surface area contributed by atoms with Gasteiger partial charge in [0.05, 0.1) is 18.0 Å². The van der Waals surface area contributed by atoms with Gasteiger partial charge in [0.2, 0.25) is 0 Å². The molecule has 192 valence electrons. The van der Waals surface area contributed by atoms with Gasteiger partial charge in [-0.2, -0.15) is 9.78 Å². The first-order valence-electron chi connectivity index (χ1n) is 11.4. The third kappa shape index (κ3) is 5.53. The van der Waals surface area contributed by atoms with Crippen molar-refractivity contribution in [3.8, 4) is 16.9 Å². The number of carbonyl (C=O) groups excluding carboxylic acids is 1. The smallest absolute Gasteiger partial charge is 0.350 e. The molecule has 37 heavy (non-hydrogen) atoms. The van der Waals surface area contributed by atoms with Crippen LogP contribution >= 0.6 is 34.5 Å². The number of nitrogens with one attached hydrogen (secondary N) is 1. The second-order valence-electron chi connectivity index (χ2n) is 9.32. The number of hydrogen-bond acceptors (Lipinski definition) is 7. The lowest BCUT2D eigenvalue weighted by Crippen LogP contribution is -2.30. The minimum Gasteiger partial charge on any atom is -0.461 e. The number of carbonyl (C=O) groups is 1. The Morgan fingerprint density at radius 2 is 1.78 bits per heavy atom. The Morgan fingerprint density at radius 1 is 1.14 bits per heavy atom. The summed E-state index contributed by atoms with van der Waals surface area (Å²) in [6, 6.07) is 12.5. The Kier molecular flexibility index (Phi) is 7.68. The van der Waals surface area contributed by atoms with Gasteiger partial charge in [0.15, 0.2) is 0 Å². The molecule has 11 heteroatoms. The molecule has 0 fully saturated rings. The standard InChI is InChI=1S/C26H24Cl2N4O4S/c1-14(2)13-36-23(34)22-21(15-8-6-5-7-9-15)31-24(37-22)26(3,4)20-17(27)10-16(11-18(20)28)32-25(35)30-19(33)12-29-32/h5-12,14H,13H2,1-4H3,(H,30,33,35). The predicted octanol–water partition coefficient (Wildman–Crippen LogP) is 5.49. The van der Waals surface area contributed by atoms with Crippen LogP contribution in [0.25, 0.3) is 16.9 Å². The maximum absolute atomic E-state index is 13.0. The van der Waals surface area contributed by atoms with Gasteiger partial charge in [-0.05, 0) is 31.9 Å². The van der Waals surface area contributed by atoms with E-state index in [9.17, 15) is 14.4 Å². The molecule has 4 rings (SSSR count). The number of halogens is 2. The normalized spacial score (nSPS) is 11.6. The van der Waals surface area contributed by atoms with Gasteiger partial charge in [-0.3, -0.25) is 9.78 Å². The fourth-order valence-electron chi connectivity index (χ4n) is 3.75. The van der Waals surface area contributed by atoms with E-state index < -0.39 is 22.6 Å². The molecule has 0 atom stereocenters. The van der Waals surface area contributed by atoms with Crippen LogP contribution in [-0.2, 0) is 10.2 Å². The Balaban J connectivity index is 1.81. The summed E-state index contributed by atoms with van der Waals surface area (Å²) in [6.07, 6.45) is 0.988. The van der Waals surface area contributed by atoms with E-state index in [0.717, 1.165) is 16.4 Å². The quantitative estimate of drug-likeness (QED) is 0.300. The average molecular weight is 559 g/mol. The summed E-state index contributed by atoms with van der Waals surface area (Å²) in [5, 5.41) is 5.01. The summed E-state index contributed by atoms with van der Waals surface area (Å²) in [5.41, 5.74) is 0.00971. The molecule has 0 radical (unpaired) electrons. The highest BCUT2D eigenvalue weighted by molar-refractivity contribution is 7.14. The largest absolute Gasteiger partial charge is 0.461 e. The minimum atomic E-state index is -0.819. The maximum Gasteiger partial charge on any atom is 0.350 e. The molecule has 4 aromatic rings. The van der Waals surface area contributed by atoms with E-state index in [4.69, 9.17) is 32.9 Å². The van der Waals surface area contributed by atoms with Crippen molar-refractivity contribution in [2.24, 2.45) is 5.92 Å². The Bertz CT molecular complexity index is 1550. The van der Waals surface area contributed by atoms with E-state index in [2.05, 4.69) is 10.1 Å². The number of benzene rings is 2. The second kappa shape index (κ2) is 10.6. The average Bonchev–Trinajstić information content (AvgIpc) is 3.29. The number of hydrogen-bond donors (Lipinski definition) is 1. The molecule has 0 unspecified atom stereocenters. The highest BCUT2D eigenvalue weighted by atomic mass is 35.5. The van der Waals surface area contributed by atoms with Gasteiger partial charge in [0.1, 0.15) is 16.1 Å². The van der Waals surface area contributed by atoms with E-state index in [-0.39, 0.29) is 21.7 Å². The zero-order valence-electron chi connectivity index (χ0n) is 20.5. The molecule has 2 heterocycles. The SMILES string of the molecule is CC(C)COC(=O)c1sc(C(C)(C)c2c(Cl)cc(-n3ncc(=O)[nH]c3=O)cc2Cl)nc1-c1ccccc1. The highest BCUT2D eigenvalue weighted by Gasteiger charge is 2.34. The fourth-order valence-corrected chi connectivity index (χ4v) is 5.79. The number of esters is 1. The van der Waals surface area contributed by atoms with Crippen LogP contribution in [0.1, 0.15) is 47.9 Å². The van der Waals surface area contributed by atoms with Crippen molar-refractivity contribution >= 4 is 40.5 Å². The van der Waals surface area contributed by atoms with Crippen LogP contribution in [0.3, 0.4) is 0 Å². The molecular weight excluding hydrogens is 535 g/mol. The molecule has 0 aliphatic heterocycles. The van der Waals surface area contributed by atoms with E-state index in [0.29, 0.717) is 27.7 Å². The molecule has 0 aliphatic carbocycles. The van der Waals surface area contributed by atoms with Crippen LogP contribution in [0.5, 0.6) is 0 Å². The van der Waals surface area contributed by atoms with Crippen molar-refractivity contribution in [2.75, 3.05) is 6.61 Å². The third-order valence-corrected chi connectivity index (χ3v) is 7.51. The predicted molar refractivity (Wildman–Crippen MR) is 145 cm³/mol. The number of H-pyrrole nitrogens is 1. The Hall–Kier alpha value is -3.27. The molecule has 0 spiro atoms. The lowest BCUT2D eigenvalue weighted by Gasteiger charge is -2.25. The summed E-state index contributed by atoms with van der Waals surface area (Å²) >= 11 is 14.6. The molecule has 2 aromatic heterocycles. The Morgan fingerprint density at radius 3 is 2.38 bits per heavy atom. The first-order chi connectivity index (χ1) is 17.5. The van der Waals surface area contributed by atoms with Crippen molar-refractivity contribution in [3.05, 3.63) is 95.0 Å². The number of ether oxygens (including phenoxy) is 1. The molecule has 0 saturated carbocycles. The molecule has 0 aliphatic rings. The van der Waals surface area contributed by atoms with Gasteiger partial charge in [-0.15, -0.1) is 11.3 Å². The van der Waals surface area contributed by atoms with E-state index >= 15 is 0 Å². The zero-order valence-corrected chi connectivity index (χ0v) is 22.9. The number of aromatic nitrogens is 4. The van der Waals surface area contributed by atoms with E-state index in [1.54, 1.807) is 12.1 Å². The van der Waals surface area contributed by atoms with Gasteiger partial charge < -0.3 is 4.74 Å². The summed E-state index contributed by atoms with van der Waals surface area (Å²) < 4.78 is 6.53. The lowest BCUT2D eigenvalue weighted by atomic mass is 9.85. The molecular formula is C26H24Cl2N4O4S. The van der Waals surface area contributed by atoms with E-state index in [1.165, 1.54) is 11.3 Å². The number of aromatic amines is 1. The van der Waals surface area contributed by atoms with Crippen molar-refractivity contribution < 1.29 is 9.53 Å². The van der Waals surface area contributed by atoms with Gasteiger partial charge in [0, 0.05) is 26.6 Å². The van der Waals surface area contributed by atoms with Gasteiger partial charge in [-0.25, -0.2) is 14.6 Å². The van der Waals surface area contributed by atoms with Gasteiger partial charge in [-0.1, -0.05) is 67.4 Å².